The molecular formula is C13H27NO2. The van der Waals surface area contributed by atoms with Gasteiger partial charge in [0.05, 0.1) is 6.42 Å². The molecule has 0 aliphatic heterocycles. The van der Waals surface area contributed by atoms with Crippen molar-refractivity contribution in [2.45, 2.75) is 64.8 Å². The van der Waals surface area contributed by atoms with E-state index in [4.69, 9.17) is 5.11 Å². The Balaban J connectivity index is 3.66. The van der Waals surface area contributed by atoms with Gasteiger partial charge in [-0.25, -0.2) is 0 Å². The summed E-state index contributed by atoms with van der Waals surface area (Å²) in [4.78, 5) is 10.6. The van der Waals surface area contributed by atoms with E-state index in [9.17, 15) is 4.79 Å². The molecule has 0 rings (SSSR count). The van der Waals surface area contributed by atoms with Gasteiger partial charge in [-0.15, -0.1) is 0 Å². The standard InChI is InChI=1S/C13H27NO2/c1-4-5-6-7-8-9-11(2)12(14-3)10-13(15)16/h11-12,14H,4-10H2,1-3H3,(H,15,16). The Morgan fingerprint density at radius 1 is 1.25 bits per heavy atom. The molecule has 16 heavy (non-hydrogen) atoms. The van der Waals surface area contributed by atoms with Crippen LogP contribution in [0.3, 0.4) is 0 Å². The Morgan fingerprint density at radius 2 is 1.88 bits per heavy atom. The number of nitrogens with one attached hydrogen (secondary N) is 1. The lowest BCUT2D eigenvalue weighted by molar-refractivity contribution is -0.137. The molecule has 0 heterocycles. The van der Waals surface area contributed by atoms with Crippen molar-refractivity contribution in [1.29, 1.82) is 0 Å². The minimum absolute atomic E-state index is 0.115. The maximum Gasteiger partial charge on any atom is 0.304 e. The topological polar surface area (TPSA) is 49.3 Å². The van der Waals surface area contributed by atoms with Crippen LogP contribution in [0.2, 0.25) is 0 Å². The minimum Gasteiger partial charge on any atom is -0.481 e. The lowest BCUT2D eigenvalue weighted by Gasteiger charge is -2.21. The molecule has 0 aliphatic carbocycles. The van der Waals surface area contributed by atoms with Crippen LogP contribution < -0.4 is 5.32 Å². The van der Waals surface area contributed by atoms with Crippen molar-refractivity contribution in [3.63, 3.8) is 0 Å². The molecule has 0 radical (unpaired) electrons. The van der Waals surface area contributed by atoms with E-state index in [0.29, 0.717) is 5.92 Å². The molecular weight excluding hydrogens is 202 g/mol. The molecule has 2 unspecified atom stereocenters. The number of aliphatic carboxylic acids is 1. The van der Waals surface area contributed by atoms with Crippen molar-refractivity contribution in [2.75, 3.05) is 7.05 Å². The maximum absolute atomic E-state index is 10.6. The second kappa shape index (κ2) is 9.64. The molecule has 0 aliphatic rings. The summed E-state index contributed by atoms with van der Waals surface area (Å²) < 4.78 is 0. The van der Waals surface area contributed by atoms with Crippen LogP contribution in [-0.4, -0.2) is 24.2 Å². The first-order chi connectivity index (χ1) is 7.61. The summed E-state index contributed by atoms with van der Waals surface area (Å²) in [5.41, 5.74) is 0. The third kappa shape index (κ3) is 7.69. The predicted octanol–water partition coefficient (Wildman–Crippen LogP) is 3.05. The van der Waals surface area contributed by atoms with Gasteiger partial charge in [0.1, 0.15) is 0 Å². The van der Waals surface area contributed by atoms with Gasteiger partial charge in [0, 0.05) is 6.04 Å². The molecule has 3 heteroatoms. The maximum atomic E-state index is 10.6. The SMILES string of the molecule is CCCCCCCC(C)C(CC(=O)O)NC. The fourth-order valence-corrected chi connectivity index (χ4v) is 2.05. The molecule has 3 nitrogen and oxygen atoms in total. The molecule has 0 aromatic heterocycles. The van der Waals surface area contributed by atoms with Gasteiger partial charge < -0.3 is 10.4 Å². The van der Waals surface area contributed by atoms with Crippen LogP contribution >= 0.6 is 0 Å². The minimum atomic E-state index is -0.711. The van der Waals surface area contributed by atoms with Gasteiger partial charge in [0.15, 0.2) is 0 Å². The normalized spacial score (nSPS) is 14.7. The predicted molar refractivity (Wildman–Crippen MR) is 67.6 cm³/mol. The van der Waals surface area contributed by atoms with Gasteiger partial charge in [-0.1, -0.05) is 46.0 Å². The van der Waals surface area contributed by atoms with Crippen LogP contribution in [-0.2, 0) is 4.79 Å². The molecule has 0 amide bonds. The first-order valence-electron chi connectivity index (χ1n) is 6.50. The zero-order valence-electron chi connectivity index (χ0n) is 11.0. The summed E-state index contributed by atoms with van der Waals surface area (Å²) in [5.74, 6) is -0.264. The highest BCUT2D eigenvalue weighted by atomic mass is 16.4. The number of unbranched alkanes of at least 4 members (excludes halogenated alkanes) is 4. The molecule has 0 saturated carbocycles. The van der Waals surface area contributed by atoms with Gasteiger partial charge in [-0.3, -0.25) is 4.79 Å². The molecule has 0 saturated heterocycles. The second-order valence-corrected chi connectivity index (χ2v) is 4.67. The van der Waals surface area contributed by atoms with Crippen molar-refractivity contribution in [2.24, 2.45) is 5.92 Å². The molecule has 0 aromatic rings. The average Bonchev–Trinajstić information content (AvgIpc) is 2.25. The summed E-state index contributed by atoms with van der Waals surface area (Å²) in [6, 6.07) is 0.115. The van der Waals surface area contributed by atoms with Gasteiger partial charge in [0.2, 0.25) is 0 Å². The van der Waals surface area contributed by atoms with E-state index in [2.05, 4.69) is 19.2 Å². The molecule has 2 atom stereocenters. The highest BCUT2D eigenvalue weighted by Gasteiger charge is 2.17. The quantitative estimate of drug-likeness (QED) is 0.566. The Labute approximate surface area is 99.6 Å². The summed E-state index contributed by atoms with van der Waals surface area (Å²) >= 11 is 0. The summed E-state index contributed by atoms with van der Waals surface area (Å²) in [6.07, 6.45) is 7.76. The van der Waals surface area contributed by atoms with E-state index < -0.39 is 5.97 Å². The first-order valence-corrected chi connectivity index (χ1v) is 6.50. The lowest BCUT2D eigenvalue weighted by Crippen LogP contribution is -2.34. The van der Waals surface area contributed by atoms with Crippen molar-refractivity contribution >= 4 is 5.97 Å². The van der Waals surface area contributed by atoms with E-state index in [1.165, 1.54) is 32.1 Å². The van der Waals surface area contributed by atoms with E-state index in [1.807, 2.05) is 7.05 Å². The molecule has 0 aromatic carbocycles. The van der Waals surface area contributed by atoms with Gasteiger partial charge >= 0.3 is 5.97 Å². The third-order valence-corrected chi connectivity index (χ3v) is 3.22. The number of carbonyl (C=O) groups is 1. The van der Waals surface area contributed by atoms with Gasteiger partial charge in [-0.05, 0) is 19.4 Å². The zero-order valence-corrected chi connectivity index (χ0v) is 11.0. The summed E-state index contributed by atoms with van der Waals surface area (Å²) in [7, 11) is 1.85. The van der Waals surface area contributed by atoms with Gasteiger partial charge in [-0.2, -0.15) is 0 Å². The second-order valence-electron chi connectivity index (χ2n) is 4.67. The van der Waals surface area contributed by atoms with Crippen molar-refractivity contribution in [3.05, 3.63) is 0 Å². The van der Waals surface area contributed by atoms with Crippen molar-refractivity contribution < 1.29 is 9.90 Å². The van der Waals surface area contributed by atoms with Crippen LogP contribution in [0.1, 0.15) is 58.8 Å². The largest absolute Gasteiger partial charge is 0.481 e. The molecule has 0 spiro atoms. The molecule has 2 N–H and O–H groups in total. The zero-order chi connectivity index (χ0) is 12.4. The first kappa shape index (κ1) is 15.4. The number of carboxylic acids is 1. The summed E-state index contributed by atoms with van der Waals surface area (Å²) in [5, 5.41) is 11.9. The van der Waals surface area contributed by atoms with Crippen LogP contribution in [0.4, 0.5) is 0 Å². The van der Waals surface area contributed by atoms with E-state index in [1.54, 1.807) is 0 Å². The van der Waals surface area contributed by atoms with Crippen LogP contribution in [0.15, 0.2) is 0 Å². The number of hydrogen-bond acceptors (Lipinski definition) is 2. The molecule has 0 bridgehead atoms. The van der Waals surface area contributed by atoms with Crippen molar-refractivity contribution in [1.82, 2.24) is 5.32 Å². The number of carboxylic acid groups (broad SMARTS) is 1. The van der Waals surface area contributed by atoms with Crippen molar-refractivity contribution in [3.8, 4) is 0 Å². The Morgan fingerprint density at radius 3 is 2.38 bits per heavy atom. The van der Waals surface area contributed by atoms with E-state index >= 15 is 0 Å². The van der Waals surface area contributed by atoms with Crippen LogP contribution in [0.25, 0.3) is 0 Å². The fourth-order valence-electron chi connectivity index (χ4n) is 2.05. The average molecular weight is 229 g/mol. The lowest BCUT2D eigenvalue weighted by atomic mass is 9.93. The van der Waals surface area contributed by atoms with Gasteiger partial charge in [0.25, 0.3) is 0 Å². The van der Waals surface area contributed by atoms with E-state index in [0.717, 1.165) is 6.42 Å². The molecule has 96 valence electrons. The third-order valence-electron chi connectivity index (χ3n) is 3.22. The van der Waals surface area contributed by atoms with Crippen LogP contribution in [0, 0.1) is 5.92 Å². The fraction of sp³-hybridized carbons (Fsp3) is 0.923. The van der Waals surface area contributed by atoms with E-state index in [-0.39, 0.29) is 12.5 Å². The van der Waals surface area contributed by atoms with Crippen LogP contribution in [0.5, 0.6) is 0 Å². The highest BCUT2D eigenvalue weighted by Crippen LogP contribution is 2.16. The Bertz CT molecular complexity index is 183. The smallest absolute Gasteiger partial charge is 0.304 e. The Hall–Kier alpha value is -0.570. The monoisotopic (exact) mass is 229 g/mol. The number of rotatable bonds is 10. The summed E-state index contributed by atoms with van der Waals surface area (Å²) in [6.45, 7) is 4.36. The Kier molecular flexibility index (Phi) is 9.30. The molecule has 0 fully saturated rings. The highest BCUT2D eigenvalue weighted by molar-refractivity contribution is 5.67. The number of hydrogen-bond donors (Lipinski definition) is 2.